The van der Waals surface area contributed by atoms with Gasteiger partial charge in [-0.05, 0) is 50.0 Å². The predicted octanol–water partition coefficient (Wildman–Crippen LogP) is 3.61. The first kappa shape index (κ1) is 19.9. The predicted molar refractivity (Wildman–Crippen MR) is 111 cm³/mol. The van der Waals surface area contributed by atoms with Crippen molar-refractivity contribution in [3.8, 4) is 0 Å². The minimum absolute atomic E-state index is 0. The van der Waals surface area contributed by atoms with Gasteiger partial charge >= 0.3 is 0 Å². The Hall–Kier alpha value is -1.89. The number of aryl methyl sites for hydroxylation is 1. The molecule has 0 aliphatic carbocycles. The van der Waals surface area contributed by atoms with E-state index in [1.54, 1.807) is 0 Å². The molecule has 1 N–H and O–H groups in total. The fraction of sp³-hybridized carbons (Fsp3) is 0.350. The second kappa shape index (κ2) is 8.00. The third kappa shape index (κ3) is 3.88. The molecule has 1 fully saturated rings. The lowest BCUT2D eigenvalue weighted by Gasteiger charge is -2.21. The molecule has 0 bridgehead atoms. The van der Waals surface area contributed by atoms with E-state index in [0.717, 1.165) is 48.1 Å². The first-order valence-corrected chi connectivity index (χ1v) is 10.6. The maximum absolute atomic E-state index is 13.1. The van der Waals surface area contributed by atoms with E-state index in [-0.39, 0.29) is 18.2 Å². The molecule has 4 rings (SSSR count). The standard InChI is InChI=1S/C20H23N3O2S.ClH/c1-15-6-5-9-18-19(15)20(17-10-12-21-13-11-17)22-23(18)26(24,25)14-16-7-3-2-4-8-16;/h2-9,17,21H,10-14H2,1H3;1H. The van der Waals surface area contributed by atoms with Gasteiger partial charge in [0, 0.05) is 11.3 Å². The molecule has 0 radical (unpaired) electrons. The Bertz CT molecular complexity index is 1030. The summed E-state index contributed by atoms with van der Waals surface area (Å²) in [5, 5.41) is 9.00. The van der Waals surface area contributed by atoms with E-state index in [4.69, 9.17) is 0 Å². The normalized spacial score (nSPS) is 15.6. The summed E-state index contributed by atoms with van der Waals surface area (Å²) < 4.78 is 27.5. The number of hydrogen-bond donors (Lipinski definition) is 1. The van der Waals surface area contributed by atoms with Crippen molar-refractivity contribution in [3.63, 3.8) is 0 Å². The summed E-state index contributed by atoms with van der Waals surface area (Å²) in [4.78, 5) is 0. The molecule has 3 aromatic rings. The molecule has 1 aromatic heterocycles. The van der Waals surface area contributed by atoms with Crippen LogP contribution in [0.1, 0.15) is 35.6 Å². The van der Waals surface area contributed by atoms with Gasteiger partial charge in [-0.1, -0.05) is 42.5 Å². The molecule has 5 nitrogen and oxygen atoms in total. The summed E-state index contributed by atoms with van der Waals surface area (Å²) >= 11 is 0. The summed E-state index contributed by atoms with van der Waals surface area (Å²) in [7, 11) is -3.58. The average Bonchev–Trinajstić information content (AvgIpc) is 3.05. The van der Waals surface area contributed by atoms with Crippen LogP contribution in [0.4, 0.5) is 0 Å². The van der Waals surface area contributed by atoms with Crippen LogP contribution in [0.15, 0.2) is 48.5 Å². The number of hydrogen-bond acceptors (Lipinski definition) is 4. The summed E-state index contributed by atoms with van der Waals surface area (Å²) in [5.41, 5.74) is 3.47. The van der Waals surface area contributed by atoms with Gasteiger partial charge in [-0.15, -0.1) is 12.4 Å². The zero-order valence-corrected chi connectivity index (χ0v) is 16.9. The van der Waals surface area contributed by atoms with E-state index in [1.165, 1.54) is 4.09 Å². The summed E-state index contributed by atoms with van der Waals surface area (Å²) in [6, 6.07) is 15.1. The smallest absolute Gasteiger partial charge is 0.258 e. The first-order valence-electron chi connectivity index (χ1n) is 9.02. The number of halogens is 1. The molecule has 0 spiro atoms. The molecule has 27 heavy (non-hydrogen) atoms. The molecule has 144 valence electrons. The molecule has 0 saturated carbocycles. The third-order valence-corrected chi connectivity index (χ3v) is 6.60. The molecule has 1 aliphatic heterocycles. The molecule has 0 atom stereocenters. The van der Waals surface area contributed by atoms with Crippen LogP contribution in [-0.4, -0.2) is 30.7 Å². The van der Waals surface area contributed by atoms with Gasteiger partial charge in [0.15, 0.2) is 0 Å². The van der Waals surface area contributed by atoms with Gasteiger partial charge in [-0.25, -0.2) is 8.42 Å². The highest BCUT2D eigenvalue weighted by molar-refractivity contribution is 7.89. The van der Waals surface area contributed by atoms with Crippen molar-refractivity contribution in [2.24, 2.45) is 0 Å². The maximum atomic E-state index is 13.1. The number of benzene rings is 2. The molecule has 0 amide bonds. The number of fused-ring (bicyclic) bond motifs is 1. The third-order valence-electron chi connectivity index (χ3n) is 5.09. The van der Waals surface area contributed by atoms with E-state index in [2.05, 4.69) is 10.4 Å². The lowest BCUT2D eigenvalue weighted by molar-refractivity contribution is 0.453. The highest BCUT2D eigenvalue weighted by Gasteiger charge is 2.27. The number of aromatic nitrogens is 2. The Balaban J connectivity index is 0.00000210. The van der Waals surface area contributed by atoms with Crippen LogP contribution < -0.4 is 5.32 Å². The molecule has 1 saturated heterocycles. The molecule has 2 heterocycles. The van der Waals surface area contributed by atoms with Gasteiger partial charge in [0.1, 0.15) is 0 Å². The monoisotopic (exact) mass is 405 g/mol. The lowest BCUT2D eigenvalue weighted by Crippen LogP contribution is -2.27. The minimum atomic E-state index is -3.58. The van der Waals surface area contributed by atoms with Gasteiger partial charge in [0.05, 0.1) is 17.0 Å². The second-order valence-corrected chi connectivity index (χ2v) is 8.76. The zero-order valence-electron chi connectivity index (χ0n) is 15.3. The maximum Gasteiger partial charge on any atom is 0.258 e. The highest BCUT2D eigenvalue weighted by atomic mass is 35.5. The van der Waals surface area contributed by atoms with Crippen LogP contribution in [0.5, 0.6) is 0 Å². The average molecular weight is 406 g/mol. The van der Waals surface area contributed by atoms with Gasteiger partial charge in [-0.2, -0.15) is 9.19 Å². The van der Waals surface area contributed by atoms with Crippen molar-refractivity contribution in [1.82, 2.24) is 14.5 Å². The van der Waals surface area contributed by atoms with Crippen molar-refractivity contribution in [1.29, 1.82) is 0 Å². The Labute approximate surface area is 166 Å². The molecular formula is C20H24ClN3O2S. The Kier molecular flexibility index (Phi) is 5.89. The fourth-order valence-electron chi connectivity index (χ4n) is 3.79. The summed E-state index contributed by atoms with van der Waals surface area (Å²) in [6.07, 6.45) is 1.97. The Morgan fingerprint density at radius 3 is 2.48 bits per heavy atom. The minimum Gasteiger partial charge on any atom is -0.317 e. The molecule has 2 aromatic carbocycles. The second-order valence-electron chi connectivity index (χ2n) is 6.96. The van der Waals surface area contributed by atoms with Crippen molar-refractivity contribution < 1.29 is 8.42 Å². The van der Waals surface area contributed by atoms with Crippen LogP contribution in [-0.2, 0) is 15.8 Å². The van der Waals surface area contributed by atoms with E-state index >= 15 is 0 Å². The van der Waals surface area contributed by atoms with Gasteiger partial charge in [0.25, 0.3) is 10.0 Å². The first-order chi connectivity index (χ1) is 12.6. The van der Waals surface area contributed by atoms with E-state index in [9.17, 15) is 8.42 Å². The lowest BCUT2D eigenvalue weighted by atomic mass is 9.91. The number of piperidine rings is 1. The molecular weight excluding hydrogens is 382 g/mol. The molecule has 0 unspecified atom stereocenters. The van der Waals surface area contributed by atoms with Gasteiger partial charge in [0.2, 0.25) is 0 Å². The number of nitrogens with one attached hydrogen (secondary N) is 1. The zero-order chi connectivity index (χ0) is 18.1. The van der Waals surface area contributed by atoms with E-state index < -0.39 is 10.0 Å². The van der Waals surface area contributed by atoms with Gasteiger partial charge in [-0.3, -0.25) is 0 Å². The van der Waals surface area contributed by atoms with Crippen molar-refractivity contribution in [2.45, 2.75) is 31.4 Å². The van der Waals surface area contributed by atoms with Crippen LogP contribution >= 0.6 is 12.4 Å². The SMILES string of the molecule is Cc1cccc2c1c(C1CCNCC1)nn2S(=O)(=O)Cc1ccccc1.Cl. The Morgan fingerprint density at radius 1 is 1.07 bits per heavy atom. The van der Waals surface area contributed by atoms with Crippen LogP contribution in [0.3, 0.4) is 0 Å². The van der Waals surface area contributed by atoms with Crippen molar-refractivity contribution in [2.75, 3.05) is 13.1 Å². The van der Waals surface area contributed by atoms with Crippen LogP contribution in [0.25, 0.3) is 10.9 Å². The topological polar surface area (TPSA) is 64.0 Å². The van der Waals surface area contributed by atoms with Crippen molar-refractivity contribution >= 4 is 33.3 Å². The summed E-state index contributed by atoms with van der Waals surface area (Å²) in [6.45, 7) is 3.92. The number of nitrogens with zero attached hydrogens (tertiary/aromatic N) is 2. The van der Waals surface area contributed by atoms with Gasteiger partial charge < -0.3 is 5.32 Å². The summed E-state index contributed by atoms with van der Waals surface area (Å²) in [5.74, 6) is 0.248. The largest absolute Gasteiger partial charge is 0.317 e. The fourth-order valence-corrected chi connectivity index (χ4v) is 5.19. The van der Waals surface area contributed by atoms with Crippen LogP contribution in [0.2, 0.25) is 0 Å². The van der Waals surface area contributed by atoms with Crippen molar-refractivity contribution in [3.05, 3.63) is 65.4 Å². The van der Waals surface area contributed by atoms with Crippen LogP contribution in [0, 0.1) is 6.92 Å². The highest BCUT2D eigenvalue weighted by Crippen LogP contribution is 2.33. The van der Waals surface area contributed by atoms with E-state index in [1.807, 2.05) is 55.5 Å². The Morgan fingerprint density at radius 2 is 1.78 bits per heavy atom. The number of rotatable bonds is 4. The molecule has 1 aliphatic rings. The quantitative estimate of drug-likeness (QED) is 0.720. The van der Waals surface area contributed by atoms with E-state index in [0.29, 0.717) is 11.4 Å². The molecule has 7 heteroatoms.